The summed E-state index contributed by atoms with van der Waals surface area (Å²) in [5.41, 5.74) is 0. The molecule has 0 aliphatic carbocycles. The van der Waals surface area contributed by atoms with Crippen LogP contribution in [0.5, 0.6) is 0 Å². The van der Waals surface area contributed by atoms with Crippen molar-refractivity contribution in [1.82, 2.24) is 5.32 Å². The van der Waals surface area contributed by atoms with Crippen LogP contribution in [0.25, 0.3) is 0 Å². The minimum Gasteiger partial charge on any atom is -0.359 e. The number of amides is 1. The van der Waals surface area contributed by atoms with E-state index in [-0.39, 0.29) is 18.1 Å². The Labute approximate surface area is 72.6 Å². The summed E-state index contributed by atoms with van der Waals surface area (Å²) in [5.74, 6) is -0.154. The number of carbonyl (C=O) groups excluding carboxylic acids is 1. The Morgan fingerprint density at radius 3 is 2.58 bits per heavy atom. The molecule has 0 fully saturated rings. The number of sulfone groups is 1. The molecule has 0 saturated heterocycles. The number of hydrogen-bond acceptors (Lipinski definition) is 3. The first kappa shape index (κ1) is 11.2. The molecule has 1 N–H and O–H groups in total. The third-order valence-electron chi connectivity index (χ3n) is 1.37. The van der Waals surface area contributed by atoms with E-state index in [1.54, 1.807) is 0 Å². The van der Waals surface area contributed by atoms with Gasteiger partial charge in [-0.05, 0) is 6.42 Å². The summed E-state index contributed by atoms with van der Waals surface area (Å²) in [6, 6.07) is 0. The van der Waals surface area contributed by atoms with E-state index in [9.17, 15) is 13.2 Å². The monoisotopic (exact) mass is 191 g/mol. The fraction of sp³-hybridized carbons (Fsp3) is 0.571. The topological polar surface area (TPSA) is 63.2 Å². The minimum absolute atomic E-state index is 0.0100. The van der Waals surface area contributed by atoms with Gasteiger partial charge in [0.15, 0.2) is 9.84 Å². The standard InChI is InChI=1S/C7H13NO3S/c1-3-12(10,11)6-4-5-7(9)8-2/h3H,1,4-6H2,2H3,(H,8,9). The van der Waals surface area contributed by atoms with E-state index < -0.39 is 9.84 Å². The van der Waals surface area contributed by atoms with Gasteiger partial charge in [0, 0.05) is 18.9 Å². The number of hydrogen-bond donors (Lipinski definition) is 1. The zero-order chi connectivity index (χ0) is 9.61. The lowest BCUT2D eigenvalue weighted by atomic mass is 10.3. The molecular formula is C7H13NO3S. The third kappa shape index (κ3) is 4.90. The zero-order valence-electron chi connectivity index (χ0n) is 7.04. The highest BCUT2D eigenvalue weighted by molar-refractivity contribution is 7.94. The second-order valence-corrected chi connectivity index (χ2v) is 4.38. The van der Waals surface area contributed by atoms with Crippen molar-refractivity contribution in [3.05, 3.63) is 12.0 Å². The molecule has 0 atom stereocenters. The predicted octanol–water partition coefficient (Wildman–Crippen LogP) is 0.0709. The molecule has 0 radical (unpaired) electrons. The van der Waals surface area contributed by atoms with Crippen molar-refractivity contribution in [2.24, 2.45) is 0 Å². The van der Waals surface area contributed by atoms with Crippen LogP contribution in [0.1, 0.15) is 12.8 Å². The normalized spacial score (nSPS) is 10.8. The maximum Gasteiger partial charge on any atom is 0.219 e. The SMILES string of the molecule is C=CS(=O)(=O)CCCC(=O)NC. The van der Waals surface area contributed by atoms with Gasteiger partial charge >= 0.3 is 0 Å². The molecule has 0 aliphatic heterocycles. The van der Waals surface area contributed by atoms with Crippen molar-refractivity contribution < 1.29 is 13.2 Å². The Morgan fingerprint density at radius 2 is 2.17 bits per heavy atom. The molecule has 0 rings (SSSR count). The van der Waals surface area contributed by atoms with Crippen LogP contribution in [-0.4, -0.2) is 27.1 Å². The maximum absolute atomic E-state index is 10.8. The molecule has 12 heavy (non-hydrogen) atoms. The third-order valence-corrected chi connectivity index (χ3v) is 2.73. The molecule has 4 nitrogen and oxygen atoms in total. The van der Waals surface area contributed by atoms with E-state index in [4.69, 9.17) is 0 Å². The van der Waals surface area contributed by atoms with Crippen molar-refractivity contribution in [3.8, 4) is 0 Å². The Bertz CT molecular complexity index is 256. The van der Waals surface area contributed by atoms with Gasteiger partial charge in [0.2, 0.25) is 5.91 Å². The molecule has 0 aromatic heterocycles. The van der Waals surface area contributed by atoms with E-state index in [1.807, 2.05) is 0 Å². The second kappa shape index (κ2) is 4.92. The Balaban J connectivity index is 3.71. The van der Waals surface area contributed by atoms with E-state index >= 15 is 0 Å². The second-order valence-electron chi connectivity index (χ2n) is 2.31. The van der Waals surface area contributed by atoms with Crippen LogP contribution < -0.4 is 5.32 Å². The van der Waals surface area contributed by atoms with Gasteiger partial charge in [0.05, 0.1) is 5.75 Å². The van der Waals surface area contributed by atoms with E-state index in [0.717, 1.165) is 5.41 Å². The lowest BCUT2D eigenvalue weighted by Gasteiger charge is -1.98. The van der Waals surface area contributed by atoms with Crippen LogP contribution in [0.4, 0.5) is 0 Å². The minimum atomic E-state index is -3.14. The molecule has 0 bridgehead atoms. The van der Waals surface area contributed by atoms with Crippen LogP contribution >= 0.6 is 0 Å². The molecule has 70 valence electrons. The highest BCUT2D eigenvalue weighted by atomic mass is 32.2. The average Bonchev–Trinajstić information content (AvgIpc) is 2.04. The number of nitrogens with one attached hydrogen (secondary N) is 1. The summed E-state index contributed by atoms with van der Waals surface area (Å²) in [4.78, 5) is 10.7. The highest BCUT2D eigenvalue weighted by Gasteiger charge is 2.05. The Hall–Kier alpha value is -0.840. The average molecular weight is 191 g/mol. The van der Waals surface area contributed by atoms with Crippen LogP contribution in [0.2, 0.25) is 0 Å². The summed E-state index contributed by atoms with van der Waals surface area (Å²) < 4.78 is 21.6. The Kier molecular flexibility index (Phi) is 4.58. The fourth-order valence-corrected chi connectivity index (χ4v) is 1.36. The molecule has 0 spiro atoms. The Morgan fingerprint density at radius 1 is 1.58 bits per heavy atom. The van der Waals surface area contributed by atoms with Gasteiger partial charge in [-0.25, -0.2) is 8.42 Å². The molecule has 1 amide bonds. The number of rotatable bonds is 5. The van der Waals surface area contributed by atoms with Crippen LogP contribution in [0.15, 0.2) is 12.0 Å². The molecule has 0 unspecified atom stereocenters. The first-order chi connectivity index (χ1) is 5.52. The summed E-state index contributed by atoms with van der Waals surface area (Å²) in [5, 5.41) is 3.32. The summed E-state index contributed by atoms with van der Waals surface area (Å²) in [6.07, 6.45) is 0.581. The molecule has 5 heteroatoms. The first-order valence-electron chi connectivity index (χ1n) is 3.57. The van der Waals surface area contributed by atoms with Crippen LogP contribution in [-0.2, 0) is 14.6 Å². The van der Waals surface area contributed by atoms with Crippen molar-refractivity contribution in [3.63, 3.8) is 0 Å². The number of carbonyl (C=O) groups is 1. The summed E-state index contributed by atoms with van der Waals surface area (Å²) in [6.45, 7) is 3.16. The lowest BCUT2D eigenvalue weighted by Crippen LogP contribution is -2.18. The van der Waals surface area contributed by atoms with Gasteiger partial charge in [0.1, 0.15) is 0 Å². The van der Waals surface area contributed by atoms with Crippen molar-refractivity contribution >= 4 is 15.7 Å². The quantitative estimate of drug-likeness (QED) is 0.669. The van der Waals surface area contributed by atoms with E-state index in [0.29, 0.717) is 6.42 Å². The van der Waals surface area contributed by atoms with Gasteiger partial charge in [0.25, 0.3) is 0 Å². The molecule has 0 saturated carbocycles. The van der Waals surface area contributed by atoms with E-state index in [1.165, 1.54) is 7.05 Å². The van der Waals surface area contributed by atoms with Gasteiger partial charge in [-0.1, -0.05) is 6.58 Å². The van der Waals surface area contributed by atoms with Gasteiger partial charge in [-0.15, -0.1) is 0 Å². The van der Waals surface area contributed by atoms with Gasteiger partial charge in [-0.2, -0.15) is 0 Å². The summed E-state index contributed by atoms with van der Waals surface area (Å²) >= 11 is 0. The zero-order valence-corrected chi connectivity index (χ0v) is 7.86. The van der Waals surface area contributed by atoms with Crippen molar-refractivity contribution in [2.45, 2.75) is 12.8 Å². The largest absolute Gasteiger partial charge is 0.359 e. The van der Waals surface area contributed by atoms with Crippen molar-refractivity contribution in [1.29, 1.82) is 0 Å². The van der Waals surface area contributed by atoms with E-state index in [2.05, 4.69) is 11.9 Å². The molecule has 0 aromatic rings. The first-order valence-corrected chi connectivity index (χ1v) is 5.29. The summed E-state index contributed by atoms with van der Waals surface area (Å²) in [7, 11) is -1.62. The maximum atomic E-state index is 10.8. The van der Waals surface area contributed by atoms with Crippen molar-refractivity contribution in [2.75, 3.05) is 12.8 Å². The van der Waals surface area contributed by atoms with Crippen LogP contribution in [0, 0.1) is 0 Å². The molecular weight excluding hydrogens is 178 g/mol. The van der Waals surface area contributed by atoms with Gasteiger partial charge < -0.3 is 5.32 Å². The lowest BCUT2D eigenvalue weighted by molar-refractivity contribution is -0.120. The molecule has 0 aliphatic rings. The molecule has 0 heterocycles. The molecule has 0 aromatic carbocycles. The van der Waals surface area contributed by atoms with Gasteiger partial charge in [-0.3, -0.25) is 4.79 Å². The smallest absolute Gasteiger partial charge is 0.219 e. The predicted molar refractivity (Wildman–Crippen MR) is 47.3 cm³/mol. The fourth-order valence-electron chi connectivity index (χ4n) is 0.642. The van der Waals surface area contributed by atoms with Crippen LogP contribution in [0.3, 0.4) is 0 Å². The highest BCUT2D eigenvalue weighted by Crippen LogP contribution is 1.97.